The first kappa shape index (κ1) is 30.0. The van der Waals surface area contributed by atoms with Crippen LogP contribution >= 0.6 is 11.8 Å². The van der Waals surface area contributed by atoms with E-state index in [0.717, 1.165) is 4.90 Å². The number of rotatable bonds is 12. The Labute approximate surface area is 248 Å². The predicted octanol–water partition coefficient (Wildman–Crippen LogP) is 6.10. The van der Waals surface area contributed by atoms with Crippen molar-refractivity contribution in [1.29, 1.82) is 0 Å². The van der Waals surface area contributed by atoms with Gasteiger partial charge in [0.25, 0.3) is 11.8 Å². The van der Waals surface area contributed by atoms with Gasteiger partial charge in [-0.05, 0) is 72.3 Å². The molecule has 4 aromatic rings. The van der Waals surface area contributed by atoms with E-state index in [1.54, 1.807) is 98.1 Å². The maximum Gasteiger partial charge on any atom is 0.272 e. The molecule has 0 spiro atoms. The van der Waals surface area contributed by atoms with E-state index in [0.29, 0.717) is 39.6 Å². The van der Waals surface area contributed by atoms with Gasteiger partial charge < -0.3 is 24.8 Å². The number of thioether (sulfide) groups is 1. The van der Waals surface area contributed by atoms with Crippen molar-refractivity contribution in [3.05, 3.63) is 119 Å². The Morgan fingerprint density at radius 3 is 2.17 bits per heavy atom. The number of hydrogen-bond donors (Lipinski definition) is 2. The highest BCUT2D eigenvalue weighted by atomic mass is 32.2. The molecule has 9 heteroatoms. The fourth-order valence-electron chi connectivity index (χ4n) is 3.91. The summed E-state index contributed by atoms with van der Waals surface area (Å²) in [7, 11) is 4.63. The van der Waals surface area contributed by atoms with Gasteiger partial charge in [-0.2, -0.15) is 0 Å². The van der Waals surface area contributed by atoms with Gasteiger partial charge in [0.05, 0.1) is 27.1 Å². The highest BCUT2D eigenvalue weighted by molar-refractivity contribution is 8.00. The van der Waals surface area contributed by atoms with Gasteiger partial charge in [0, 0.05) is 21.7 Å². The molecule has 0 fully saturated rings. The van der Waals surface area contributed by atoms with Gasteiger partial charge in [0.15, 0.2) is 17.3 Å². The maximum absolute atomic E-state index is 13.4. The summed E-state index contributed by atoms with van der Waals surface area (Å²) in [6.45, 7) is 0. The quantitative estimate of drug-likeness (QED) is 0.118. The number of amides is 2. The summed E-state index contributed by atoms with van der Waals surface area (Å²) in [4.78, 5) is 39.9. The van der Waals surface area contributed by atoms with Crippen molar-refractivity contribution >= 4 is 41.1 Å². The molecule has 0 aliphatic carbocycles. The average molecular weight is 583 g/mol. The molecule has 0 unspecified atom stereocenters. The third-order valence-electron chi connectivity index (χ3n) is 6.12. The molecule has 0 aliphatic heterocycles. The topological polar surface area (TPSA) is 103 Å². The smallest absolute Gasteiger partial charge is 0.272 e. The number of carbonyl (C=O) groups excluding carboxylic acids is 3. The van der Waals surface area contributed by atoms with Crippen molar-refractivity contribution < 1.29 is 28.6 Å². The number of Topliss-reactive ketones (excluding diaryl/α,β-unsaturated/α-hetero) is 1. The van der Waals surface area contributed by atoms with E-state index >= 15 is 0 Å². The lowest BCUT2D eigenvalue weighted by Crippen LogP contribution is -2.30. The van der Waals surface area contributed by atoms with Crippen LogP contribution in [0.4, 0.5) is 5.69 Å². The molecule has 4 aromatic carbocycles. The molecular weight excluding hydrogens is 552 g/mol. The molecule has 0 saturated heterocycles. The van der Waals surface area contributed by atoms with Gasteiger partial charge >= 0.3 is 0 Å². The van der Waals surface area contributed by atoms with Gasteiger partial charge in [-0.25, -0.2) is 0 Å². The highest BCUT2D eigenvalue weighted by Gasteiger charge is 2.16. The van der Waals surface area contributed by atoms with E-state index in [4.69, 9.17) is 14.2 Å². The lowest BCUT2D eigenvalue weighted by Gasteiger charge is -2.12. The van der Waals surface area contributed by atoms with Crippen molar-refractivity contribution in [2.45, 2.75) is 4.90 Å². The predicted molar refractivity (Wildman–Crippen MR) is 165 cm³/mol. The van der Waals surface area contributed by atoms with E-state index in [1.165, 1.54) is 26.0 Å². The van der Waals surface area contributed by atoms with Crippen molar-refractivity contribution in [2.24, 2.45) is 0 Å². The number of ether oxygens (including phenoxy) is 3. The molecule has 0 saturated carbocycles. The van der Waals surface area contributed by atoms with Crippen molar-refractivity contribution in [3.8, 4) is 17.2 Å². The average Bonchev–Trinajstić information content (AvgIpc) is 3.03. The van der Waals surface area contributed by atoms with E-state index in [9.17, 15) is 14.4 Å². The number of methoxy groups -OCH3 is 3. The standard InChI is InChI=1S/C33H30N2O6S/c1-39-26-15-12-22(13-16-26)18-28(35-32(37)23-8-5-4-6-9-23)33(38)34-25-10-7-11-27(20-25)42-21-29(36)24-14-17-30(40-2)31(19-24)41-3/h4-20H,21H2,1-3H3,(H,34,38)(H,35,37)/b28-18-. The number of nitrogens with one attached hydrogen (secondary N) is 2. The first-order valence-corrected chi connectivity index (χ1v) is 13.9. The molecule has 214 valence electrons. The second kappa shape index (κ2) is 14.6. The minimum Gasteiger partial charge on any atom is -0.497 e. The van der Waals surface area contributed by atoms with Crippen LogP contribution in [0, 0.1) is 0 Å². The number of anilines is 1. The minimum absolute atomic E-state index is 0.0655. The first-order valence-electron chi connectivity index (χ1n) is 12.9. The van der Waals surface area contributed by atoms with Crippen LogP contribution in [0.3, 0.4) is 0 Å². The van der Waals surface area contributed by atoms with E-state index in [-0.39, 0.29) is 17.2 Å². The second-order valence-electron chi connectivity index (χ2n) is 8.91. The van der Waals surface area contributed by atoms with E-state index < -0.39 is 11.8 Å². The molecule has 2 amide bonds. The van der Waals surface area contributed by atoms with Crippen LogP contribution in [0.1, 0.15) is 26.3 Å². The minimum atomic E-state index is -0.501. The van der Waals surface area contributed by atoms with Crippen LogP contribution in [0.2, 0.25) is 0 Å². The normalized spacial score (nSPS) is 10.9. The molecule has 0 aliphatic rings. The summed E-state index contributed by atoms with van der Waals surface area (Å²) in [5.74, 6) is 0.889. The molecule has 42 heavy (non-hydrogen) atoms. The molecule has 0 aromatic heterocycles. The third-order valence-corrected chi connectivity index (χ3v) is 7.12. The summed E-state index contributed by atoms with van der Waals surface area (Å²) in [5.41, 5.74) is 2.21. The SMILES string of the molecule is COc1ccc(/C=C(\NC(=O)c2ccccc2)C(=O)Nc2cccc(SCC(=O)c3ccc(OC)c(OC)c3)c2)cc1. The van der Waals surface area contributed by atoms with Crippen molar-refractivity contribution in [3.63, 3.8) is 0 Å². The zero-order valence-corrected chi connectivity index (χ0v) is 24.2. The van der Waals surface area contributed by atoms with Crippen LogP contribution in [-0.4, -0.2) is 44.7 Å². The van der Waals surface area contributed by atoms with Gasteiger partial charge in [-0.1, -0.05) is 36.4 Å². The van der Waals surface area contributed by atoms with Crippen LogP contribution in [0.5, 0.6) is 17.2 Å². The van der Waals surface area contributed by atoms with Crippen LogP contribution < -0.4 is 24.8 Å². The summed E-state index contributed by atoms with van der Waals surface area (Å²) in [6.07, 6.45) is 1.59. The van der Waals surface area contributed by atoms with Gasteiger partial charge in [0.2, 0.25) is 0 Å². The van der Waals surface area contributed by atoms with Crippen molar-refractivity contribution in [2.75, 3.05) is 32.4 Å². The molecule has 0 heterocycles. The van der Waals surface area contributed by atoms with Gasteiger partial charge in [-0.3, -0.25) is 14.4 Å². The summed E-state index contributed by atoms with van der Waals surface area (Å²) >= 11 is 1.34. The van der Waals surface area contributed by atoms with Crippen LogP contribution in [0.15, 0.2) is 108 Å². The zero-order chi connectivity index (χ0) is 29.9. The van der Waals surface area contributed by atoms with Crippen LogP contribution in [-0.2, 0) is 4.79 Å². The fraction of sp³-hybridized carbons (Fsp3) is 0.121. The third kappa shape index (κ3) is 8.02. The number of carbonyl (C=O) groups is 3. The zero-order valence-electron chi connectivity index (χ0n) is 23.4. The van der Waals surface area contributed by atoms with Crippen molar-refractivity contribution in [1.82, 2.24) is 5.32 Å². The Morgan fingerprint density at radius 1 is 0.738 bits per heavy atom. The summed E-state index contributed by atoms with van der Waals surface area (Å²) in [6, 6.07) is 27.9. The van der Waals surface area contributed by atoms with Gasteiger partial charge in [-0.15, -0.1) is 11.8 Å². The largest absolute Gasteiger partial charge is 0.497 e. The number of ketones is 1. The highest BCUT2D eigenvalue weighted by Crippen LogP contribution is 2.29. The molecule has 0 atom stereocenters. The monoisotopic (exact) mass is 582 g/mol. The number of benzene rings is 4. The maximum atomic E-state index is 13.4. The molecule has 4 rings (SSSR count). The van der Waals surface area contributed by atoms with E-state index in [2.05, 4.69) is 10.6 Å². The Balaban J connectivity index is 1.48. The Hall–Kier alpha value is -5.02. The van der Waals surface area contributed by atoms with Gasteiger partial charge in [0.1, 0.15) is 11.4 Å². The molecule has 2 N–H and O–H groups in total. The lowest BCUT2D eigenvalue weighted by atomic mass is 10.1. The van der Waals surface area contributed by atoms with E-state index in [1.807, 2.05) is 12.1 Å². The lowest BCUT2D eigenvalue weighted by molar-refractivity contribution is -0.113. The Bertz CT molecular complexity index is 1590. The Morgan fingerprint density at radius 2 is 1.48 bits per heavy atom. The molecule has 0 radical (unpaired) electrons. The molecule has 8 nitrogen and oxygen atoms in total. The summed E-state index contributed by atoms with van der Waals surface area (Å²) < 4.78 is 15.7. The second-order valence-corrected chi connectivity index (χ2v) is 9.96. The first-order chi connectivity index (χ1) is 20.4. The summed E-state index contributed by atoms with van der Waals surface area (Å²) in [5, 5.41) is 5.58. The molecule has 0 bridgehead atoms. The number of hydrogen-bond acceptors (Lipinski definition) is 7. The molecular formula is C33H30N2O6S. The fourth-order valence-corrected chi connectivity index (χ4v) is 4.76. The van der Waals surface area contributed by atoms with Crippen LogP contribution in [0.25, 0.3) is 6.08 Å². The Kier molecular flexibility index (Phi) is 10.4.